The molecule has 0 aliphatic heterocycles. The number of para-hydroxylation sites is 1. The monoisotopic (exact) mass is 381 g/mol. The van der Waals surface area contributed by atoms with E-state index in [4.69, 9.17) is 4.74 Å². The summed E-state index contributed by atoms with van der Waals surface area (Å²) in [4.78, 5) is 0. The summed E-state index contributed by atoms with van der Waals surface area (Å²) in [6.45, 7) is 5.74. The van der Waals surface area contributed by atoms with Gasteiger partial charge in [-0.15, -0.1) is 0 Å². The average Bonchev–Trinajstić information content (AvgIpc) is 2.46. The van der Waals surface area contributed by atoms with Crippen LogP contribution in [0, 0.1) is 3.57 Å². The first-order valence-electron chi connectivity index (χ1n) is 6.96. The first kappa shape index (κ1) is 15.3. The molecule has 2 aromatic carbocycles. The Bertz CT molecular complexity index is 556. The van der Waals surface area contributed by atoms with Crippen molar-refractivity contribution in [1.82, 2.24) is 5.32 Å². The molecule has 0 saturated carbocycles. The molecule has 0 heterocycles. The molecule has 0 bridgehead atoms. The van der Waals surface area contributed by atoms with Crippen molar-refractivity contribution in [3.63, 3.8) is 0 Å². The van der Waals surface area contributed by atoms with Crippen LogP contribution in [0.4, 0.5) is 0 Å². The number of nitrogens with one attached hydrogen (secondary N) is 1. The van der Waals surface area contributed by atoms with Gasteiger partial charge in [-0.05, 0) is 59.8 Å². The third kappa shape index (κ3) is 3.73. The van der Waals surface area contributed by atoms with Gasteiger partial charge < -0.3 is 10.1 Å². The maximum absolute atomic E-state index is 5.77. The first-order chi connectivity index (χ1) is 9.76. The average molecular weight is 381 g/mol. The molecule has 3 heteroatoms. The third-order valence-corrected chi connectivity index (χ3v) is 3.79. The van der Waals surface area contributed by atoms with Crippen molar-refractivity contribution in [3.8, 4) is 5.75 Å². The number of ether oxygens (including phenoxy) is 1. The number of halogens is 1. The number of rotatable bonds is 6. The van der Waals surface area contributed by atoms with Gasteiger partial charge in [0.05, 0.1) is 12.6 Å². The van der Waals surface area contributed by atoms with E-state index in [-0.39, 0.29) is 6.04 Å². The van der Waals surface area contributed by atoms with Gasteiger partial charge in [0, 0.05) is 9.13 Å². The fraction of sp³-hybridized carbons (Fsp3) is 0.294. The van der Waals surface area contributed by atoms with E-state index < -0.39 is 0 Å². The molecule has 2 aromatic rings. The van der Waals surface area contributed by atoms with Gasteiger partial charge in [-0.1, -0.05) is 37.3 Å². The molecule has 0 aliphatic carbocycles. The van der Waals surface area contributed by atoms with E-state index in [0.717, 1.165) is 12.3 Å². The van der Waals surface area contributed by atoms with Crippen molar-refractivity contribution in [2.45, 2.75) is 19.9 Å². The van der Waals surface area contributed by atoms with Gasteiger partial charge in [0.25, 0.3) is 0 Å². The van der Waals surface area contributed by atoms with E-state index in [1.54, 1.807) is 0 Å². The molecule has 0 spiro atoms. The molecule has 1 atom stereocenters. The molecule has 0 radical (unpaired) electrons. The molecule has 0 fully saturated rings. The van der Waals surface area contributed by atoms with Crippen molar-refractivity contribution in [3.05, 3.63) is 63.2 Å². The Morgan fingerprint density at radius 2 is 1.90 bits per heavy atom. The summed E-state index contributed by atoms with van der Waals surface area (Å²) in [6, 6.07) is 17.0. The van der Waals surface area contributed by atoms with Crippen LogP contribution in [0.3, 0.4) is 0 Å². The Balaban J connectivity index is 2.43. The van der Waals surface area contributed by atoms with E-state index in [1.165, 1.54) is 14.7 Å². The van der Waals surface area contributed by atoms with Gasteiger partial charge in [-0.2, -0.15) is 0 Å². The molecule has 20 heavy (non-hydrogen) atoms. The maximum Gasteiger partial charge on any atom is 0.124 e. The molecule has 106 valence electrons. The zero-order chi connectivity index (χ0) is 14.4. The van der Waals surface area contributed by atoms with Gasteiger partial charge in [0.2, 0.25) is 0 Å². The summed E-state index contributed by atoms with van der Waals surface area (Å²) in [7, 11) is 0. The van der Waals surface area contributed by atoms with Crippen molar-refractivity contribution in [1.29, 1.82) is 0 Å². The van der Waals surface area contributed by atoms with Crippen LogP contribution in [0.5, 0.6) is 5.75 Å². The lowest BCUT2D eigenvalue weighted by Gasteiger charge is -2.22. The predicted molar refractivity (Wildman–Crippen MR) is 92.3 cm³/mol. The minimum absolute atomic E-state index is 0.164. The second-order valence-corrected chi connectivity index (χ2v) is 5.76. The minimum atomic E-state index is 0.164. The highest BCUT2D eigenvalue weighted by Crippen LogP contribution is 2.30. The molecular formula is C17H20INO. The van der Waals surface area contributed by atoms with Gasteiger partial charge >= 0.3 is 0 Å². The normalized spacial score (nSPS) is 12.2. The zero-order valence-electron chi connectivity index (χ0n) is 11.9. The predicted octanol–water partition coefficient (Wildman–Crippen LogP) is 4.39. The van der Waals surface area contributed by atoms with E-state index >= 15 is 0 Å². The van der Waals surface area contributed by atoms with Gasteiger partial charge in [-0.25, -0.2) is 0 Å². The smallest absolute Gasteiger partial charge is 0.124 e. The molecule has 0 aromatic heterocycles. The van der Waals surface area contributed by atoms with E-state index in [2.05, 4.69) is 71.2 Å². The Hall–Kier alpha value is -1.07. The van der Waals surface area contributed by atoms with Gasteiger partial charge in [0.1, 0.15) is 5.75 Å². The van der Waals surface area contributed by atoms with Crippen molar-refractivity contribution in [2.24, 2.45) is 0 Å². The number of hydrogen-bond acceptors (Lipinski definition) is 2. The Kier molecular flexibility index (Phi) is 5.86. The largest absolute Gasteiger partial charge is 0.494 e. The Morgan fingerprint density at radius 3 is 2.60 bits per heavy atom. The fourth-order valence-electron chi connectivity index (χ4n) is 2.30. The Labute approximate surface area is 134 Å². The molecule has 0 amide bonds. The first-order valence-corrected chi connectivity index (χ1v) is 8.04. The summed E-state index contributed by atoms with van der Waals surface area (Å²) in [5.74, 6) is 0.958. The van der Waals surface area contributed by atoms with Crippen LogP contribution in [0.1, 0.15) is 31.0 Å². The SMILES string of the molecule is CCNC(c1cccc(I)c1)c1ccccc1OCC. The van der Waals surface area contributed by atoms with Crippen LogP contribution in [0.15, 0.2) is 48.5 Å². The number of hydrogen-bond donors (Lipinski definition) is 1. The molecule has 1 unspecified atom stereocenters. The van der Waals surface area contributed by atoms with Crippen LogP contribution in [-0.4, -0.2) is 13.2 Å². The highest BCUT2D eigenvalue weighted by Gasteiger charge is 2.17. The van der Waals surface area contributed by atoms with Crippen LogP contribution >= 0.6 is 22.6 Å². The van der Waals surface area contributed by atoms with Crippen molar-refractivity contribution in [2.75, 3.05) is 13.2 Å². The van der Waals surface area contributed by atoms with Crippen LogP contribution in [-0.2, 0) is 0 Å². The van der Waals surface area contributed by atoms with E-state index in [0.29, 0.717) is 6.61 Å². The molecular weight excluding hydrogens is 361 g/mol. The molecule has 0 saturated heterocycles. The maximum atomic E-state index is 5.77. The lowest BCUT2D eigenvalue weighted by molar-refractivity contribution is 0.333. The highest BCUT2D eigenvalue weighted by atomic mass is 127. The van der Waals surface area contributed by atoms with Crippen LogP contribution < -0.4 is 10.1 Å². The minimum Gasteiger partial charge on any atom is -0.494 e. The summed E-state index contributed by atoms with van der Waals surface area (Å²) in [6.07, 6.45) is 0. The summed E-state index contributed by atoms with van der Waals surface area (Å²) < 4.78 is 7.02. The second-order valence-electron chi connectivity index (χ2n) is 4.52. The second kappa shape index (κ2) is 7.64. The van der Waals surface area contributed by atoms with Crippen molar-refractivity contribution >= 4 is 22.6 Å². The zero-order valence-corrected chi connectivity index (χ0v) is 14.1. The van der Waals surface area contributed by atoms with E-state index in [1.807, 2.05) is 19.1 Å². The molecule has 2 rings (SSSR count). The fourth-order valence-corrected chi connectivity index (χ4v) is 2.87. The van der Waals surface area contributed by atoms with Crippen LogP contribution in [0.25, 0.3) is 0 Å². The number of benzene rings is 2. The van der Waals surface area contributed by atoms with Gasteiger partial charge in [-0.3, -0.25) is 0 Å². The summed E-state index contributed by atoms with van der Waals surface area (Å²) in [5, 5.41) is 3.56. The quantitative estimate of drug-likeness (QED) is 0.750. The standard InChI is InChI=1S/C17H20INO/c1-3-19-17(13-8-7-9-14(18)12-13)15-10-5-6-11-16(15)20-4-2/h5-12,17,19H,3-4H2,1-2H3. The summed E-state index contributed by atoms with van der Waals surface area (Å²) in [5.41, 5.74) is 2.46. The van der Waals surface area contributed by atoms with Crippen LogP contribution in [0.2, 0.25) is 0 Å². The molecule has 2 nitrogen and oxygen atoms in total. The lowest BCUT2D eigenvalue weighted by atomic mass is 9.98. The molecule has 0 aliphatic rings. The topological polar surface area (TPSA) is 21.3 Å². The Morgan fingerprint density at radius 1 is 1.10 bits per heavy atom. The third-order valence-electron chi connectivity index (χ3n) is 3.12. The molecule has 1 N–H and O–H groups in total. The van der Waals surface area contributed by atoms with Crippen molar-refractivity contribution < 1.29 is 4.74 Å². The van der Waals surface area contributed by atoms with E-state index in [9.17, 15) is 0 Å². The lowest BCUT2D eigenvalue weighted by Crippen LogP contribution is -2.22. The van der Waals surface area contributed by atoms with Gasteiger partial charge in [0.15, 0.2) is 0 Å². The highest BCUT2D eigenvalue weighted by molar-refractivity contribution is 14.1. The summed E-state index contributed by atoms with van der Waals surface area (Å²) >= 11 is 2.35.